The maximum Gasteiger partial charge on any atom is 0.221 e. The molecule has 5 heteroatoms. The fourth-order valence-corrected chi connectivity index (χ4v) is 1.41. The molecule has 0 aliphatic rings. The Kier molecular flexibility index (Phi) is 4.95. The van der Waals surface area contributed by atoms with Gasteiger partial charge in [-0.15, -0.1) is 0 Å². The number of carbonyl (C=O) groups is 1. The molecule has 1 heterocycles. The van der Waals surface area contributed by atoms with Crippen LogP contribution in [-0.2, 0) is 4.79 Å². The predicted molar refractivity (Wildman–Crippen MR) is 65.5 cm³/mol. The Hall–Kier alpha value is -2.09. The van der Waals surface area contributed by atoms with Gasteiger partial charge in [-0.3, -0.25) is 4.79 Å². The van der Waals surface area contributed by atoms with Crippen LogP contribution in [0.1, 0.15) is 24.6 Å². The van der Waals surface area contributed by atoms with Crippen molar-refractivity contribution in [3.8, 4) is 6.07 Å². The van der Waals surface area contributed by atoms with E-state index < -0.39 is 0 Å². The first-order chi connectivity index (χ1) is 8.15. The van der Waals surface area contributed by atoms with Crippen LogP contribution in [0.3, 0.4) is 0 Å². The average molecular weight is 232 g/mol. The molecule has 5 nitrogen and oxygen atoms in total. The highest BCUT2D eigenvalue weighted by atomic mass is 16.1. The Bertz CT molecular complexity index is 437. The number of carbonyl (C=O) groups excluding carboxylic acids is 1. The van der Waals surface area contributed by atoms with Crippen LogP contribution in [-0.4, -0.2) is 24.0 Å². The lowest BCUT2D eigenvalue weighted by molar-refractivity contribution is -0.120. The third kappa shape index (κ3) is 4.51. The van der Waals surface area contributed by atoms with Gasteiger partial charge in [0.1, 0.15) is 5.82 Å². The largest absolute Gasteiger partial charge is 0.370 e. The third-order valence-electron chi connectivity index (χ3n) is 2.11. The zero-order valence-electron chi connectivity index (χ0n) is 10.1. The van der Waals surface area contributed by atoms with Crippen LogP contribution in [0.5, 0.6) is 0 Å². The van der Waals surface area contributed by atoms with Crippen molar-refractivity contribution >= 4 is 11.7 Å². The lowest BCUT2D eigenvalue weighted by Gasteiger charge is -2.06. The highest BCUT2D eigenvalue weighted by Gasteiger charge is 2.01. The number of amides is 1. The summed E-state index contributed by atoms with van der Waals surface area (Å²) in [5.41, 5.74) is 1.35. The van der Waals surface area contributed by atoms with Gasteiger partial charge in [0.2, 0.25) is 5.91 Å². The molecular weight excluding hydrogens is 216 g/mol. The lowest BCUT2D eigenvalue weighted by atomic mass is 10.2. The van der Waals surface area contributed by atoms with Crippen LogP contribution >= 0.6 is 0 Å². The number of hydrogen-bond acceptors (Lipinski definition) is 4. The maximum atomic E-state index is 11.2. The second-order valence-electron chi connectivity index (χ2n) is 3.62. The summed E-state index contributed by atoms with van der Waals surface area (Å²) in [6, 6.07) is 5.46. The van der Waals surface area contributed by atoms with Crippen molar-refractivity contribution in [3.63, 3.8) is 0 Å². The summed E-state index contributed by atoms with van der Waals surface area (Å²) in [5.74, 6) is 0.638. The number of nitriles is 1. The first-order valence-electron chi connectivity index (χ1n) is 5.55. The highest BCUT2D eigenvalue weighted by Crippen LogP contribution is 2.08. The van der Waals surface area contributed by atoms with Crippen molar-refractivity contribution in [2.24, 2.45) is 0 Å². The second-order valence-corrected chi connectivity index (χ2v) is 3.62. The van der Waals surface area contributed by atoms with Crippen molar-refractivity contribution in [1.29, 1.82) is 5.26 Å². The van der Waals surface area contributed by atoms with E-state index in [4.69, 9.17) is 5.26 Å². The summed E-state index contributed by atoms with van der Waals surface area (Å²) in [6.45, 7) is 4.86. The summed E-state index contributed by atoms with van der Waals surface area (Å²) < 4.78 is 0. The van der Waals surface area contributed by atoms with Crippen molar-refractivity contribution < 1.29 is 4.79 Å². The van der Waals surface area contributed by atoms with Gasteiger partial charge in [-0.05, 0) is 26.0 Å². The van der Waals surface area contributed by atoms with Gasteiger partial charge in [0.15, 0.2) is 0 Å². The summed E-state index contributed by atoms with van der Waals surface area (Å²) in [6.07, 6.45) is 0.394. The molecule has 0 aromatic carbocycles. The molecule has 0 saturated heterocycles. The minimum absolute atomic E-state index is 0.00756. The van der Waals surface area contributed by atoms with E-state index in [-0.39, 0.29) is 5.91 Å². The number of nitrogens with one attached hydrogen (secondary N) is 2. The second kappa shape index (κ2) is 6.48. The molecule has 0 atom stereocenters. The van der Waals surface area contributed by atoms with Gasteiger partial charge in [-0.2, -0.15) is 5.26 Å². The molecule has 0 fully saturated rings. The minimum Gasteiger partial charge on any atom is -0.370 e. The highest BCUT2D eigenvalue weighted by molar-refractivity contribution is 5.76. The van der Waals surface area contributed by atoms with Gasteiger partial charge in [-0.1, -0.05) is 0 Å². The normalized spacial score (nSPS) is 9.47. The molecule has 0 unspecified atom stereocenters. The van der Waals surface area contributed by atoms with Crippen molar-refractivity contribution in [1.82, 2.24) is 10.3 Å². The number of pyridine rings is 1. The molecule has 17 heavy (non-hydrogen) atoms. The van der Waals surface area contributed by atoms with Gasteiger partial charge in [0.25, 0.3) is 0 Å². The molecular formula is C12H16N4O. The van der Waals surface area contributed by atoms with Crippen LogP contribution in [0.2, 0.25) is 0 Å². The monoisotopic (exact) mass is 232 g/mol. The van der Waals surface area contributed by atoms with Crippen molar-refractivity contribution in [3.05, 3.63) is 23.4 Å². The number of aromatic nitrogens is 1. The van der Waals surface area contributed by atoms with E-state index in [2.05, 4.69) is 21.7 Å². The molecule has 1 aromatic heterocycles. The fraction of sp³-hybridized carbons (Fsp3) is 0.417. The smallest absolute Gasteiger partial charge is 0.221 e. The Morgan fingerprint density at radius 1 is 1.53 bits per heavy atom. The third-order valence-corrected chi connectivity index (χ3v) is 2.11. The van der Waals surface area contributed by atoms with E-state index >= 15 is 0 Å². The molecule has 1 amide bonds. The van der Waals surface area contributed by atoms with Gasteiger partial charge in [0.05, 0.1) is 11.6 Å². The molecule has 0 aliphatic heterocycles. The van der Waals surface area contributed by atoms with Crippen LogP contribution < -0.4 is 10.6 Å². The van der Waals surface area contributed by atoms with E-state index in [0.717, 1.165) is 5.69 Å². The SMILES string of the molecule is CCNC(=O)CCNc1cc(C#N)cc(C)n1. The molecule has 0 bridgehead atoms. The summed E-state index contributed by atoms with van der Waals surface area (Å²) in [5, 5.41) is 14.5. The maximum absolute atomic E-state index is 11.2. The number of anilines is 1. The number of nitrogens with zero attached hydrogens (tertiary/aromatic N) is 2. The Labute approximate surface area is 101 Å². The van der Waals surface area contributed by atoms with E-state index in [1.165, 1.54) is 0 Å². The molecule has 0 radical (unpaired) electrons. The molecule has 0 spiro atoms. The van der Waals surface area contributed by atoms with Gasteiger partial charge >= 0.3 is 0 Å². The van der Waals surface area contributed by atoms with Crippen molar-refractivity contribution in [2.45, 2.75) is 20.3 Å². The zero-order chi connectivity index (χ0) is 12.7. The summed E-state index contributed by atoms with van der Waals surface area (Å²) in [4.78, 5) is 15.4. The molecule has 1 aromatic rings. The van der Waals surface area contributed by atoms with Crippen LogP contribution in [0.15, 0.2) is 12.1 Å². The quantitative estimate of drug-likeness (QED) is 0.799. The number of rotatable bonds is 5. The Balaban J connectivity index is 2.50. The molecule has 90 valence electrons. The molecule has 0 saturated carbocycles. The lowest BCUT2D eigenvalue weighted by Crippen LogP contribution is -2.24. The first kappa shape index (κ1) is 13.0. The van der Waals surface area contributed by atoms with Crippen LogP contribution in [0, 0.1) is 18.3 Å². The van der Waals surface area contributed by atoms with Gasteiger partial charge < -0.3 is 10.6 Å². The van der Waals surface area contributed by atoms with E-state index in [0.29, 0.717) is 30.9 Å². The average Bonchev–Trinajstić information content (AvgIpc) is 2.28. The van der Waals surface area contributed by atoms with E-state index in [9.17, 15) is 4.79 Å². The molecule has 1 rings (SSSR count). The van der Waals surface area contributed by atoms with Crippen molar-refractivity contribution in [2.75, 3.05) is 18.4 Å². The number of aryl methyl sites for hydroxylation is 1. The molecule has 2 N–H and O–H groups in total. The van der Waals surface area contributed by atoms with Gasteiger partial charge in [-0.25, -0.2) is 4.98 Å². The Morgan fingerprint density at radius 3 is 2.94 bits per heavy atom. The first-order valence-corrected chi connectivity index (χ1v) is 5.55. The topological polar surface area (TPSA) is 77.8 Å². The summed E-state index contributed by atoms with van der Waals surface area (Å²) in [7, 11) is 0. The summed E-state index contributed by atoms with van der Waals surface area (Å²) >= 11 is 0. The van der Waals surface area contributed by atoms with E-state index in [1.54, 1.807) is 12.1 Å². The number of hydrogen-bond donors (Lipinski definition) is 2. The Morgan fingerprint density at radius 2 is 2.29 bits per heavy atom. The standard InChI is InChI=1S/C12H16N4O/c1-3-14-12(17)4-5-15-11-7-10(8-13)6-9(2)16-11/h6-7H,3-5H2,1-2H3,(H,14,17)(H,15,16). The van der Waals surface area contributed by atoms with E-state index in [1.807, 2.05) is 13.8 Å². The van der Waals surface area contributed by atoms with Crippen LogP contribution in [0.25, 0.3) is 0 Å². The van der Waals surface area contributed by atoms with Gasteiger partial charge in [0, 0.05) is 25.2 Å². The fourth-order valence-electron chi connectivity index (χ4n) is 1.41. The predicted octanol–water partition coefficient (Wildman–Crippen LogP) is 1.20. The minimum atomic E-state index is 0.00756. The van der Waals surface area contributed by atoms with Crippen LogP contribution in [0.4, 0.5) is 5.82 Å². The molecule has 0 aliphatic carbocycles. The zero-order valence-corrected chi connectivity index (χ0v) is 10.1.